The van der Waals surface area contributed by atoms with Crippen molar-refractivity contribution in [3.05, 3.63) is 42.7 Å². The van der Waals surface area contributed by atoms with E-state index in [1.54, 1.807) is 18.3 Å². The van der Waals surface area contributed by atoms with E-state index in [9.17, 15) is 4.79 Å². The Morgan fingerprint density at radius 3 is 3.00 bits per heavy atom. The fraction of sp³-hybridized carbons (Fsp3) is 0.273. The quantitative estimate of drug-likeness (QED) is 0.391. The molecule has 0 bridgehead atoms. The molecule has 13 heavy (non-hydrogen) atoms. The summed E-state index contributed by atoms with van der Waals surface area (Å²) in [6.45, 7) is 3.60. The average molecular weight is 175 g/mol. The van der Waals surface area contributed by atoms with E-state index in [1.807, 2.05) is 12.1 Å². The molecular formula is C11H13NO. The molecule has 2 nitrogen and oxygen atoms in total. The number of aromatic nitrogens is 1. The van der Waals surface area contributed by atoms with Gasteiger partial charge in [0.1, 0.15) is 5.69 Å². The van der Waals surface area contributed by atoms with E-state index in [0.29, 0.717) is 12.1 Å². The molecule has 0 aliphatic rings. The molecule has 1 heterocycles. The van der Waals surface area contributed by atoms with E-state index in [1.165, 1.54) is 0 Å². The lowest BCUT2D eigenvalue weighted by atomic mass is 10.1. The molecule has 0 aromatic carbocycles. The van der Waals surface area contributed by atoms with E-state index >= 15 is 0 Å². The molecule has 2 heteroatoms. The minimum atomic E-state index is 0.113. The molecule has 68 valence electrons. The Morgan fingerprint density at radius 1 is 1.54 bits per heavy atom. The van der Waals surface area contributed by atoms with Gasteiger partial charge < -0.3 is 0 Å². The van der Waals surface area contributed by atoms with E-state index in [-0.39, 0.29) is 5.78 Å². The van der Waals surface area contributed by atoms with Crippen molar-refractivity contribution >= 4 is 5.78 Å². The number of carbonyl (C=O) groups excluding carboxylic acids is 1. The standard InChI is InChI=1S/C11H13NO/c1-2-3-4-8-11(13)10-7-5-6-9-12-10/h2,5-7,9H,1,3-4,8H2. The summed E-state index contributed by atoms with van der Waals surface area (Å²) < 4.78 is 0. The number of ketones is 1. The molecule has 0 fully saturated rings. The van der Waals surface area contributed by atoms with Gasteiger partial charge in [0, 0.05) is 12.6 Å². The topological polar surface area (TPSA) is 30.0 Å². The minimum absolute atomic E-state index is 0.113. The van der Waals surface area contributed by atoms with Crippen molar-refractivity contribution in [1.29, 1.82) is 0 Å². The van der Waals surface area contributed by atoms with Crippen molar-refractivity contribution in [1.82, 2.24) is 4.98 Å². The average Bonchev–Trinajstić information content (AvgIpc) is 2.19. The smallest absolute Gasteiger partial charge is 0.181 e. The highest BCUT2D eigenvalue weighted by atomic mass is 16.1. The van der Waals surface area contributed by atoms with E-state index in [4.69, 9.17) is 0 Å². The van der Waals surface area contributed by atoms with Crippen LogP contribution in [0.25, 0.3) is 0 Å². The second-order valence-corrected chi connectivity index (χ2v) is 2.82. The third kappa shape index (κ3) is 3.20. The monoisotopic (exact) mass is 175 g/mol. The maximum absolute atomic E-state index is 11.4. The molecule has 0 aliphatic carbocycles. The Balaban J connectivity index is 2.45. The largest absolute Gasteiger partial charge is 0.292 e. The van der Waals surface area contributed by atoms with Crippen molar-refractivity contribution < 1.29 is 4.79 Å². The van der Waals surface area contributed by atoms with Crippen molar-refractivity contribution in [2.24, 2.45) is 0 Å². The Hall–Kier alpha value is -1.44. The first-order valence-corrected chi connectivity index (χ1v) is 4.39. The summed E-state index contributed by atoms with van der Waals surface area (Å²) in [6, 6.07) is 5.38. The first kappa shape index (κ1) is 9.65. The Labute approximate surface area is 78.3 Å². The van der Waals surface area contributed by atoms with Crippen LogP contribution >= 0.6 is 0 Å². The number of hydrogen-bond donors (Lipinski definition) is 0. The molecule has 1 rings (SSSR count). The van der Waals surface area contributed by atoms with Gasteiger partial charge in [0.15, 0.2) is 5.78 Å². The van der Waals surface area contributed by atoms with Crippen LogP contribution in [0.1, 0.15) is 29.8 Å². The zero-order chi connectivity index (χ0) is 9.52. The summed E-state index contributed by atoms with van der Waals surface area (Å²) in [7, 11) is 0. The van der Waals surface area contributed by atoms with Gasteiger partial charge in [0.05, 0.1) is 0 Å². The number of allylic oxidation sites excluding steroid dienone is 1. The summed E-state index contributed by atoms with van der Waals surface area (Å²) in [4.78, 5) is 15.4. The van der Waals surface area contributed by atoms with Crippen LogP contribution in [0, 0.1) is 0 Å². The van der Waals surface area contributed by atoms with Crippen LogP contribution in [0.3, 0.4) is 0 Å². The number of rotatable bonds is 5. The zero-order valence-corrected chi connectivity index (χ0v) is 7.57. The predicted octanol–water partition coefficient (Wildman–Crippen LogP) is 2.62. The van der Waals surface area contributed by atoms with Crippen LogP contribution in [0.2, 0.25) is 0 Å². The van der Waals surface area contributed by atoms with Crippen LogP contribution in [-0.2, 0) is 0 Å². The van der Waals surface area contributed by atoms with Crippen LogP contribution in [0.5, 0.6) is 0 Å². The molecule has 0 saturated carbocycles. The first-order chi connectivity index (χ1) is 6.34. The van der Waals surface area contributed by atoms with Crippen molar-refractivity contribution in [3.63, 3.8) is 0 Å². The van der Waals surface area contributed by atoms with E-state index in [2.05, 4.69) is 11.6 Å². The van der Waals surface area contributed by atoms with Gasteiger partial charge in [-0.2, -0.15) is 0 Å². The minimum Gasteiger partial charge on any atom is -0.292 e. The molecule has 1 aromatic heterocycles. The van der Waals surface area contributed by atoms with Crippen LogP contribution in [-0.4, -0.2) is 10.8 Å². The van der Waals surface area contributed by atoms with Crippen LogP contribution < -0.4 is 0 Å². The molecule has 0 atom stereocenters. The fourth-order valence-electron chi connectivity index (χ4n) is 1.06. The second-order valence-electron chi connectivity index (χ2n) is 2.82. The highest BCUT2D eigenvalue weighted by Crippen LogP contribution is 2.03. The highest BCUT2D eigenvalue weighted by Gasteiger charge is 2.04. The fourth-order valence-corrected chi connectivity index (χ4v) is 1.06. The van der Waals surface area contributed by atoms with Gasteiger partial charge in [-0.1, -0.05) is 12.1 Å². The van der Waals surface area contributed by atoms with E-state index in [0.717, 1.165) is 12.8 Å². The Bertz CT molecular complexity index is 279. The number of unbranched alkanes of at least 4 members (excludes halogenated alkanes) is 1. The highest BCUT2D eigenvalue weighted by molar-refractivity contribution is 5.94. The third-order valence-corrected chi connectivity index (χ3v) is 1.76. The summed E-state index contributed by atoms with van der Waals surface area (Å²) >= 11 is 0. The molecule has 0 unspecified atom stereocenters. The molecule has 0 amide bonds. The number of Topliss-reactive ketones (excluding diaryl/α,β-unsaturated/α-hetero) is 1. The van der Waals surface area contributed by atoms with Crippen molar-refractivity contribution in [3.8, 4) is 0 Å². The Kier molecular flexibility index (Phi) is 3.89. The number of pyridine rings is 1. The SMILES string of the molecule is C=CCCCC(=O)c1ccccn1. The second kappa shape index (κ2) is 5.25. The summed E-state index contributed by atoms with van der Waals surface area (Å²) in [5, 5.41) is 0. The number of carbonyl (C=O) groups is 1. The summed E-state index contributed by atoms with van der Waals surface area (Å²) in [6.07, 6.45) is 5.77. The van der Waals surface area contributed by atoms with Gasteiger partial charge in [-0.15, -0.1) is 6.58 Å². The maximum Gasteiger partial charge on any atom is 0.181 e. The first-order valence-electron chi connectivity index (χ1n) is 4.39. The lowest BCUT2D eigenvalue weighted by molar-refractivity contribution is 0.0975. The van der Waals surface area contributed by atoms with Gasteiger partial charge in [0.2, 0.25) is 0 Å². The molecule has 0 spiro atoms. The lowest BCUT2D eigenvalue weighted by Gasteiger charge is -1.97. The van der Waals surface area contributed by atoms with Gasteiger partial charge in [-0.25, -0.2) is 0 Å². The zero-order valence-electron chi connectivity index (χ0n) is 7.57. The third-order valence-electron chi connectivity index (χ3n) is 1.76. The van der Waals surface area contributed by atoms with Crippen LogP contribution in [0.4, 0.5) is 0 Å². The molecule has 0 aliphatic heterocycles. The van der Waals surface area contributed by atoms with Crippen LogP contribution in [0.15, 0.2) is 37.1 Å². The van der Waals surface area contributed by atoms with Crippen molar-refractivity contribution in [2.45, 2.75) is 19.3 Å². The molecule has 0 saturated heterocycles. The van der Waals surface area contributed by atoms with Gasteiger partial charge in [-0.3, -0.25) is 9.78 Å². The predicted molar refractivity (Wildman–Crippen MR) is 52.6 cm³/mol. The number of nitrogens with zero attached hydrogens (tertiary/aromatic N) is 1. The number of hydrogen-bond acceptors (Lipinski definition) is 2. The maximum atomic E-state index is 11.4. The summed E-state index contributed by atoms with van der Waals surface area (Å²) in [5.41, 5.74) is 0.562. The lowest BCUT2D eigenvalue weighted by Crippen LogP contribution is -2.00. The Morgan fingerprint density at radius 2 is 2.38 bits per heavy atom. The summed E-state index contributed by atoms with van der Waals surface area (Å²) in [5.74, 6) is 0.113. The van der Waals surface area contributed by atoms with Gasteiger partial charge in [0.25, 0.3) is 0 Å². The molecule has 0 radical (unpaired) electrons. The van der Waals surface area contributed by atoms with E-state index < -0.39 is 0 Å². The molecule has 0 N–H and O–H groups in total. The normalized spacial score (nSPS) is 9.54. The molecule has 1 aromatic rings. The van der Waals surface area contributed by atoms with Gasteiger partial charge >= 0.3 is 0 Å². The van der Waals surface area contributed by atoms with Gasteiger partial charge in [-0.05, 0) is 25.0 Å². The molecular weight excluding hydrogens is 162 g/mol. The van der Waals surface area contributed by atoms with Crippen molar-refractivity contribution in [2.75, 3.05) is 0 Å².